The molecule has 4 heteroatoms. The second-order valence-electron chi connectivity index (χ2n) is 4.34. The zero-order chi connectivity index (χ0) is 10.7. The molecule has 1 saturated carbocycles. The average Bonchev–Trinajstić information content (AvgIpc) is 2.63. The van der Waals surface area contributed by atoms with Crippen LogP contribution < -0.4 is 5.32 Å². The largest absolute Gasteiger partial charge is 0.393 e. The molecule has 0 atom stereocenters. The molecule has 1 aliphatic rings. The highest BCUT2D eigenvalue weighted by Crippen LogP contribution is 2.18. The lowest BCUT2D eigenvalue weighted by Gasteiger charge is -2.26. The highest BCUT2D eigenvalue weighted by atomic mass is 16.3. The van der Waals surface area contributed by atoms with Crippen LogP contribution in [0.4, 0.5) is 0 Å². The molecule has 0 aliphatic heterocycles. The summed E-state index contributed by atoms with van der Waals surface area (Å²) in [6.07, 6.45) is 7.72. The Balaban J connectivity index is 1.77. The second-order valence-corrected chi connectivity index (χ2v) is 4.34. The van der Waals surface area contributed by atoms with Crippen molar-refractivity contribution in [2.75, 3.05) is 0 Å². The molecule has 1 heterocycles. The maximum Gasteiger partial charge on any atom is 0.122 e. The minimum Gasteiger partial charge on any atom is -0.393 e. The van der Waals surface area contributed by atoms with Gasteiger partial charge in [0.1, 0.15) is 5.82 Å². The lowest BCUT2D eigenvalue weighted by atomic mass is 9.93. The fourth-order valence-electron chi connectivity index (χ4n) is 2.08. The van der Waals surface area contributed by atoms with E-state index in [9.17, 15) is 5.11 Å². The van der Waals surface area contributed by atoms with Crippen LogP contribution in [0.2, 0.25) is 0 Å². The number of imidazole rings is 1. The Hall–Kier alpha value is -0.870. The summed E-state index contributed by atoms with van der Waals surface area (Å²) in [6, 6.07) is 0.546. The Kier molecular flexibility index (Phi) is 3.38. The van der Waals surface area contributed by atoms with Gasteiger partial charge in [-0.3, -0.25) is 0 Å². The van der Waals surface area contributed by atoms with Gasteiger partial charge in [0.15, 0.2) is 0 Å². The Morgan fingerprint density at radius 1 is 1.47 bits per heavy atom. The molecule has 0 bridgehead atoms. The van der Waals surface area contributed by atoms with Gasteiger partial charge in [0.2, 0.25) is 0 Å². The summed E-state index contributed by atoms with van der Waals surface area (Å²) in [5, 5.41) is 12.9. The van der Waals surface area contributed by atoms with Gasteiger partial charge in [-0.15, -0.1) is 0 Å². The van der Waals surface area contributed by atoms with Crippen molar-refractivity contribution in [3.63, 3.8) is 0 Å². The molecule has 4 nitrogen and oxygen atoms in total. The summed E-state index contributed by atoms with van der Waals surface area (Å²) in [5.74, 6) is 1.07. The van der Waals surface area contributed by atoms with Crippen LogP contribution in [0.15, 0.2) is 12.4 Å². The van der Waals surface area contributed by atoms with E-state index in [0.717, 1.165) is 38.1 Å². The molecule has 2 N–H and O–H groups in total. The Labute approximate surface area is 90.3 Å². The van der Waals surface area contributed by atoms with Crippen molar-refractivity contribution in [1.29, 1.82) is 0 Å². The number of hydrogen-bond acceptors (Lipinski definition) is 3. The van der Waals surface area contributed by atoms with Crippen molar-refractivity contribution in [3.05, 3.63) is 18.2 Å². The fraction of sp³-hybridized carbons (Fsp3) is 0.727. The van der Waals surface area contributed by atoms with Crippen LogP contribution in [0.25, 0.3) is 0 Å². The number of aryl methyl sites for hydroxylation is 1. The van der Waals surface area contributed by atoms with Crippen LogP contribution in [0, 0.1) is 0 Å². The molecule has 0 radical (unpaired) electrons. The summed E-state index contributed by atoms with van der Waals surface area (Å²) in [4.78, 5) is 4.27. The SMILES string of the molecule is Cn1ccnc1CNC1CCC(O)CC1. The van der Waals surface area contributed by atoms with E-state index < -0.39 is 0 Å². The smallest absolute Gasteiger partial charge is 0.122 e. The van der Waals surface area contributed by atoms with E-state index in [1.54, 1.807) is 0 Å². The minimum atomic E-state index is -0.0730. The molecule has 1 aliphatic carbocycles. The number of rotatable bonds is 3. The quantitative estimate of drug-likeness (QED) is 0.774. The maximum atomic E-state index is 9.38. The van der Waals surface area contributed by atoms with Crippen molar-refractivity contribution in [2.24, 2.45) is 7.05 Å². The molecule has 0 saturated heterocycles. The van der Waals surface area contributed by atoms with E-state index in [2.05, 4.69) is 10.3 Å². The number of aromatic nitrogens is 2. The van der Waals surface area contributed by atoms with Crippen molar-refractivity contribution in [2.45, 2.75) is 44.4 Å². The number of nitrogens with zero attached hydrogens (tertiary/aromatic N) is 2. The highest BCUT2D eigenvalue weighted by molar-refractivity contribution is 4.91. The van der Waals surface area contributed by atoms with Gasteiger partial charge in [0.05, 0.1) is 12.6 Å². The lowest BCUT2D eigenvalue weighted by Crippen LogP contribution is -2.34. The van der Waals surface area contributed by atoms with Crippen LogP contribution in [0.5, 0.6) is 0 Å². The molecule has 0 amide bonds. The third-order valence-corrected chi connectivity index (χ3v) is 3.17. The molecule has 15 heavy (non-hydrogen) atoms. The van der Waals surface area contributed by atoms with Gasteiger partial charge < -0.3 is 15.0 Å². The van der Waals surface area contributed by atoms with Gasteiger partial charge in [0.25, 0.3) is 0 Å². The molecule has 1 fully saturated rings. The summed E-state index contributed by atoms with van der Waals surface area (Å²) in [5.41, 5.74) is 0. The molecule has 1 aromatic rings. The van der Waals surface area contributed by atoms with Crippen LogP contribution in [-0.2, 0) is 13.6 Å². The zero-order valence-electron chi connectivity index (χ0n) is 9.19. The molecule has 0 spiro atoms. The van der Waals surface area contributed by atoms with Crippen LogP contribution >= 0.6 is 0 Å². The normalized spacial score (nSPS) is 26.8. The zero-order valence-corrected chi connectivity index (χ0v) is 9.19. The summed E-state index contributed by atoms with van der Waals surface area (Å²) in [6.45, 7) is 0.824. The van der Waals surface area contributed by atoms with Crippen molar-refractivity contribution in [3.8, 4) is 0 Å². The highest BCUT2D eigenvalue weighted by Gasteiger charge is 2.18. The van der Waals surface area contributed by atoms with Gasteiger partial charge in [-0.05, 0) is 25.7 Å². The van der Waals surface area contributed by atoms with Crippen molar-refractivity contribution >= 4 is 0 Å². The van der Waals surface area contributed by atoms with Crippen LogP contribution in [-0.4, -0.2) is 26.8 Å². The first-order chi connectivity index (χ1) is 7.25. The molecular formula is C11H19N3O. The van der Waals surface area contributed by atoms with Gasteiger partial charge >= 0.3 is 0 Å². The molecule has 84 valence electrons. The van der Waals surface area contributed by atoms with E-state index in [4.69, 9.17) is 0 Å². The first kappa shape index (κ1) is 10.6. The number of hydrogen-bond donors (Lipinski definition) is 2. The molecule has 2 rings (SSSR count). The molecule has 0 aromatic carbocycles. The standard InChI is InChI=1S/C11H19N3O/c1-14-7-6-12-11(14)8-13-9-2-4-10(15)5-3-9/h6-7,9-10,13,15H,2-5,8H2,1H3. The summed E-state index contributed by atoms with van der Waals surface area (Å²) >= 11 is 0. The predicted molar refractivity (Wildman–Crippen MR) is 58.3 cm³/mol. The van der Waals surface area contributed by atoms with E-state index in [0.29, 0.717) is 6.04 Å². The van der Waals surface area contributed by atoms with Crippen LogP contribution in [0.3, 0.4) is 0 Å². The Morgan fingerprint density at radius 3 is 2.80 bits per heavy atom. The Morgan fingerprint density at radius 2 is 2.20 bits per heavy atom. The molecular weight excluding hydrogens is 190 g/mol. The van der Waals surface area contributed by atoms with Gasteiger partial charge in [0, 0.05) is 25.5 Å². The second kappa shape index (κ2) is 4.77. The van der Waals surface area contributed by atoms with E-state index >= 15 is 0 Å². The number of nitrogens with one attached hydrogen (secondary N) is 1. The third kappa shape index (κ3) is 2.79. The van der Waals surface area contributed by atoms with Gasteiger partial charge in [-0.1, -0.05) is 0 Å². The lowest BCUT2D eigenvalue weighted by molar-refractivity contribution is 0.116. The van der Waals surface area contributed by atoms with Gasteiger partial charge in [-0.25, -0.2) is 4.98 Å². The number of aliphatic hydroxyl groups is 1. The minimum absolute atomic E-state index is 0.0730. The van der Waals surface area contributed by atoms with E-state index in [1.165, 1.54) is 0 Å². The van der Waals surface area contributed by atoms with E-state index in [1.807, 2.05) is 24.0 Å². The maximum absolute atomic E-state index is 9.38. The topological polar surface area (TPSA) is 50.1 Å². The summed E-state index contributed by atoms with van der Waals surface area (Å²) < 4.78 is 2.03. The van der Waals surface area contributed by atoms with E-state index in [-0.39, 0.29) is 6.10 Å². The van der Waals surface area contributed by atoms with Gasteiger partial charge in [-0.2, -0.15) is 0 Å². The summed E-state index contributed by atoms with van der Waals surface area (Å²) in [7, 11) is 2.01. The molecule has 1 aromatic heterocycles. The fourth-order valence-corrected chi connectivity index (χ4v) is 2.08. The monoisotopic (exact) mass is 209 g/mol. The predicted octanol–water partition coefficient (Wildman–Crippen LogP) is 0.813. The molecule has 0 unspecified atom stereocenters. The first-order valence-corrected chi connectivity index (χ1v) is 5.63. The Bertz CT molecular complexity index is 303. The van der Waals surface area contributed by atoms with Crippen molar-refractivity contribution in [1.82, 2.24) is 14.9 Å². The first-order valence-electron chi connectivity index (χ1n) is 5.63. The average molecular weight is 209 g/mol. The van der Waals surface area contributed by atoms with Crippen LogP contribution in [0.1, 0.15) is 31.5 Å². The third-order valence-electron chi connectivity index (χ3n) is 3.17. The van der Waals surface area contributed by atoms with Crippen molar-refractivity contribution < 1.29 is 5.11 Å². The number of aliphatic hydroxyl groups excluding tert-OH is 1.